The maximum absolute atomic E-state index is 13.1. The summed E-state index contributed by atoms with van der Waals surface area (Å²) in [5, 5.41) is 11.7. The lowest BCUT2D eigenvalue weighted by molar-refractivity contribution is -0.117. The molecule has 2 aromatic carbocycles. The van der Waals surface area contributed by atoms with Gasteiger partial charge in [-0.05, 0) is 43.7 Å². The van der Waals surface area contributed by atoms with E-state index in [9.17, 15) is 14.4 Å². The van der Waals surface area contributed by atoms with E-state index in [2.05, 4.69) is 5.32 Å². The van der Waals surface area contributed by atoms with Crippen molar-refractivity contribution in [3.63, 3.8) is 0 Å². The molecule has 0 bridgehead atoms. The maximum Gasteiger partial charge on any atom is 0.257 e. The molecule has 7 nitrogen and oxygen atoms in total. The van der Waals surface area contributed by atoms with Crippen molar-refractivity contribution < 1.29 is 14.4 Å². The number of rotatable bonds is 4. The number of hydrogen-bond donors (Lipinski definition) is 1. The number of nitrogens with zero attached hydrogens (tertiary/aromatic N) is 3. The molecule has 146 valence electrons. The van der Waals surface area contributed by atoms with Gasteiger partial charge in [-0.3, -0.25) is 19.3 Å². The van der Waals surface area contributed by atoms with Crippen molar-refractivity contribution in [1.82, 2.24) is 4.90 Å². The Kier molecular flexibility index (Phi) is 4.55. The fraction of sp³-hybridized carbons (Fsp3) is 0.273. The number of carbonyl (C=O) groups is 3. The van der Waals surface area contributed by atoms with Gasteiger partial charge in [0.25, 0.3) is 5.91 Å². The Morgan fingerprint density at radius 3 is 2.79 bits per heavy atom. The van der Waals surface area contributed by atoms with E-state index in [4.69, 9.17) is 5.26 Å². The van der Waals surface area contributed by atoms with Crippen LogP contribution in [0.5, 0.6) is 0 Å². The van der Waals surface area contributed by atoms with Crippen LogP contribution in [-0.2, 0) is 9.59 Å². The normalized spacial score (nSPS) is 20.1. The minimum atomic E-state index is -0.774. The van der Waals surface area contributed by atoms with E-state index in [0.29, 0.717) is 35.3 Å². The number of anilines is 2. The van der Waals surface area contributed by atoms with E-state index >= 15 is 0 Å². The van der Waals surface area contributed by atoms with E-state index in [-0.39, 0.29) is 30.7 Å². The molecule has 0 aromatic heterocycles. The van der Waals surface area contributed by atoms with Gasteiger partial charge in [0.05, 0.1) is 22.9 Å². The molecule has 3 amide bonds. The average Bonchev–Trinajstić information content (AvgIpc) is 3.03. The summed E-state index contributed by atoms with van der Waals surface area (Å²) < 4.78 is 0. The molecular formula is C22H20N4O3. The second kappa shape index (κ2) is 7.06. The van der Waals surface area contributed by atoms with Crippen LogP contribution in [-0.4, -0.2) is 34.8 Å². The maximum atomic E-state index is 13.1. The van der Waals surface area contributed by atoms with Crippen LogP contribution >= 0.6 is 0 Å². The molecule has 0 saturated carbocycles. The molecule has 7 heteroatoms. The minimum absolute atomic E-state index is 0.0183. The highest BCUT2D eigenvalue weighted by atomic mass is 16.2. The molecular weight excluding hydrogens is 368 g/mol. The molecule has 2 aromatic rings. The van der Waals surface area contributed by atoms with Gasteiger partial charge in [0, 0.05) is 25.1 Å². The number of para-hydroxylation sites is 1. The molecule has 1 fully saturated rings. The van der Waals surface area contributed by atoms with Gasteiger partial charge in [0.15, 0.2) is 0 Å². The summed E-state index contributed by atoms with van der Waals surface area (Å²) in [7, 11) is 0. The molecule has 2 aliphatic heterocycles. The van der Waals surface area contributed by atoms with Gasteiger partial charge in [0.2, 0.25) is 11.8 Å². The molecule has 0 aliphatic carbocycles. The molecule has 4 rings (SSSR count). The SMILES string of the molecule is CC12CCC(=O)N1c1ccccc1C(=O)N2CCC(=O)Nc1cccc(C#N)c1. The number of benzene rings is 2. The highest BCUT2D eigenvalue weighted by Gasteiger charge is 2.52. The number of amides is 3. The molecule has 1 saturated heterocycles. The van der Waals surface area contributed by atoms with Crippen molar-refractivity contribution in [3.05, 3.63) is 59.7 Å². The summed E-state index contributed by atoms with van der Waals surface area (Å²) in [5.74, 6) is -0.449. The predicted molar refractivity (Wildman–Crippen MR) is 107 cm³/mol. The van der Waals surface area contributed by atoms with Crippen molar-refractivity contribution in [3.8, 4) is 6.07 Å². The van der Waals surface area contributed by atoms with Crippen molar-refractivity contribution in [2.45, 2.75) is 31.8 Å². The van der Waals surface area contributed by atoms with Crippen molar-refractivity contribution in [2.75, 3.05) is 16.8 Å². The van der Waals surface area contributed by atoms with E-state index in [1.807, 2.05) is 19.1 Å². The second-order valence-electron chi connectivity index (χ2n) is 7.41. The smallest absolute Gasteiger partial charge is 0.257 e. The van der Waals surface area contributed by atoms with Crippen LogP contribution in [0.1, 0.15) is 42.1 Å². The first kappa shape index (κ1) is 18.7. The molecule has 2 aliphatic rings. The lowest BCUT2D eigenvalue weighted by Gasteiger charge is -2.48. The number of nitriles is 1. The van der Waals surface area contributed by atoms with Gasteiger partial charge in [-0.1, -0.05) is 18.2 Å². The average molecular weight is 388 g/mol. The zero-order chi connectivity index (χ0) is 20.6. The van der Waals surface area contributed by atoms with E-state index in [1.165, 1.54) is 0 Å². The number of hydrogen-bond acceptors (Lipinski definition) is 4. The third-order valence-corrected chi connectivity index (χ3v) is 5.58. The zero-order valence-electron chi connectivity index (χ0n) is 16.0. The largest absolute Gasteiger partial charge is 0.326 e. The van der Waals surface area contributed by atoms with Gasteiger partial charge >= 0.3 is 0 Å². The highest BCUT2D eigenvalue weighted by Crippen LogP contribution is 2.43. The second-order valence-corrected chi connectivity index (χ2v) is 7.41. The number of carbonyl (C=O) groups excluding carboxylic acids is 3. The summed E-state index contributed by atoms with van der Waals surface area (Å²) in [6, 6.07) is 15.8. The molecule has 1 N–H and O–H groups in total. The van der Waals surface area contributed by atoms with Crippen LogP contribution in [0.4, 0.5) is 11.4 Å². The Balaban J connectivity index is 1.54. The van der Waals surface area contributed by atoms with Gasteiger partial charge in [-0.2, -0.15) is 5.26 Å². The Bertz CT molecular complexity index is 1060. The fourth-order valence-electron chi connectivity index (χ4n) is 4.14. The van der Waals surface area contributed by atoms with E-state index in [1.54, 1.807) is 52.3 Å². The number of fused-ring (bicyclic) bond motifs is 3. The van der Waals surface area contributed by atoms with Gasteiger partial charge in [-0.25, -0.2) is 0 Å². The van der Waals surface area contributed by atoms with Crippen LogP contribution < -0.4 is 10.2 Å². The van der Waals surface area contributed by atoms with Gasteiger partial charge in [0.1, 0.15) is 5.66 Å². The first-order valence-electron chi connectivity index (χ1n) is 9.48. The predicted octanol–water partition coefficient (Wildman–Crippen LogP) is 2.89. The fourth-order valence-corrected chi connectivity index (χ4v) is 4.14. The van der Waals surface area contributed by atoms with Crippen molar-refractivity contribution in [2.24, 2.45) is 0 Å². The lowest BCUT2D eigenvalue weighted by atomic mass is 9.98. The van der Waals surface area contributed by atoms with Crippen LogP contribution in [0, 0.1) is 11.3 Å². The van der Waals surface area contributed by atoms with E-state index < -0.39 is 5.66 Å². The first-order chi connectivity index (χ1) is 13.9. The topological polar surface area (TPSA) is 93.5 Å². The van der Waals surface area contributed by atoms with Crippen LogP contribution in [0.2, 0.25) is 0 Å². The summed E-state index contributed by atoms with van der Waals surface area (Å²) in [4.78, 5) is 41.5. The third kappa shape index (κ3) is 3.13. The summed E-state index contributed by atoms with van der Waals surface area (Å²) in [5.41, 5.74) is 1.33. The highest BCUT2D eigenvalue weighted by molar-refractivity contribution is 6.10. The Labute approximate surface area is 168 Å². The molecule has 0 spiro atoms. The minimum Gasteiger partial charge on any atom is -0.326 e. The van der Waals surface area contributed by atoms with Crippen molar-refractivity contribution in [1.29, 1.82) is 5.26 Å². The van der Waals surface area contributed by atoms with Crippen LogP contribution in [0.25, 0.3) is 0 Å². The van der Waals surface area contributed by atoms with Crippen molar-refractivity contribution >= 4 is 29.1 Å². The standard InChI is InChI=1S/C22H20N4O3/c1-22-11-9-20(28)26(22)18-8-3-2-7-17(18)21(29)25(22)12-10-19(27)24-16-6-4-5-15(13-16)14-23/h2-8,13H,9-12H2,1H3,(H,24,27). The van der Waals surface area contributed by atoms with Crippen LogP contribution in [0.15, 0.2) is 48.5 Å². The lowest BCUT2D eigenvalue weighted by Crippen LogP contribution is -2.62. The Morgan fingerprint density at radius 2 is 2.00 bits per heavy atom. The summed E-state index contributed by atoms with van der Waals surface area (Å²) >= 11 is 0. The molecule has 1 unspecified atom stereocenters. The number of nitrogens with one attached hydrogen (secondary N) is 1. The molecule has 1 atom stereocenters. The van der Waals surface area contributed by atoms with E-state index in [0.717, 1.165) is 0 Å². The first-order valence-corrected chi connectivity index (χ1v) is 9.48. The van der Waals surface area contributed by atoms with Gasteiger partial charge < -0.3 is 10.2 Å². The molecule has 2 heterocycles. The Hall–Kier alpha value is -3.66. The zero-order valence-corrected chi connectivity index (χ0v) is 16.0. The summed E-state index contributed by atoms with van der Waals surface area (Å²) in [6.07, 6.45) is 0.974. The summed E-state index contributed by atoms with van der Waals surface area (Å²) in [6.45, 7) is 2.07. The third-order valence-electron chi connectivity index (χ3n) is 5.58. The monoisotopic (exact) mass is 388 g/mol. The molecule has 29 heavy (non-hydrogen) atoms. The quantitative estimate of drug-likeness (QED) is 0.871. The van der Waals surface area contributed by atoms with Crippen LogP contribution in [0.3, 0.4) is 0 Å². The molecule has 0 radical (unpaired) electrons. The van der Waals surface area contributed by atoms with Gasteiger partial charge in [-0.15, -0.1) is 0 Å². The Morgan fingerprint density at radius 1 is 1.21 bits per heavy atom.